The van der Waals surface area contributed by atoms with Gasteiger partial charge in [-0.2, -0.15) is 5.26 Å². The van der Waals surface area contributed by atoms with Gasteiger partial charge in [0.2, 0.25) is 0 Å². The minimum Gasteiger partial charge on any atom is -0.198 e. The number of benzene rings is 1. The second-order valence-electron chi connectivity index (χ2n) is 2.91. The molecule has 0 fully saturated rings. The van der Waals surface area contributed by atoms with E-state index in [-0.39, 0.29) is 5.92 Å². The second kappa shape index (κ2) is 4.50. The van der Waals surface area contributed by atoms with Crippen LogP contribution in [0.25, 0.3) is 0 Å². The standard InChI is InChI=1S/C10H9Cl2N/c1-7(5-6-13)8-3-2-4-9(11)10(8)12/h2-4,7H,5H2,1H3. The third kappa shape index (κ3) is 2.37. The summed E-state index contributed by atoms with van der Waals surface area (Å²) in [5.41, 5.74) is 0.940. The maximum absolute atomic E-state index is 8.53. The zero-order valence-corrected chi connectivity index (χ0v) is 8.73. The molecular formula is C10H9Cl2N. The van der Waals surface area contributed by atoms with E-state index >= 15 is 0 Å². The zero-order valence-electron chi connectivity index (χ0n) is 7.22. The highest BCUT2D eigenvalue weighted by Gasteiger charge is 2.10. The number of halogens is 2. The molecule has 1 rings (SSSR count). The Labute approximate surface area is 87.9 Å². The molecule has 13 heavy (non-hydrogen) atoms. The molecule has 1 unspecified atom stereocenters. The molecule has 0 bridgehead atoms. The number of hydrogen-bond acceptors (Lipinski definition) is 1. The van der Waals surface area contributed by atoms with E-state index in [0.29, 0.717) is 16.5 Å². The fourth-order valence-electron chi connectivity index (χ4n) is 1.15. The average Bonchev–Trinajstić information content (AvgIpc) is 2.10. The van der Waals surface area contributed by atoms with E-state index in [4.69, 9.17) is 28.5 Å². The summed E-state index contributed by atoms with van der Waals surface area (Å²) in [5, 5.41) is 9.64. The summed E-state index contributed by atoms with van der Waals surface area (Å²) in [6, 6.07) is 7.60. The highest BCUT2D eigenvalue weighted by molar-refractivity contribution is 6.42. The predicted octanol–water partition coefficient (Wildman–Crippen LogP) is 4.01. The number of rotatable bonds is 2. The van der Waals surface area contributed by atoms with Crippen LogP contribution in [0.3, 0.4) is 0 Å². The van der Waals surface area contributed by atoms with Crippen LogP contribution in [0.15, 0.2) is 18.2 Å². The summed E-state index contributed by atoms with van der Waals surface area (Å²) < 4.78 is 0. The van der Waals surface area contributed by atoms with E-state index in [1.165, 1.54) is 0 Å². The van der Waals surface area contributed by atoms with Gasteiger partial charge in [0.25, 0.3) is 0 Å². The van der Waals surface area contributed by atoms with Gasteiger partial charge in [0.15, 0.2) is 0 Å². The van der Waals surface area contributed by atoms with Crippen LogP contribution in [-0.2, 0) is 0 Å². The van der Waals surface area contributed by atoms with Gasteiger partial charge in [-0.3, -0.25) is 0 Å². The summed E-state index contributed by atoms with van der Waals surface area (Å²) in [5.74, 6) is 0.135. The minimum absolute atomic E-state index is 0.135. The Bertz CT molecular complexity index is 341. The molecule has 0 radical (unpaired) electrons. The minimum atomic E-state index is 0.135. The number of nitriles is 1. The molecule has 0 aliphatic carbocycles. The molecule has 0 aliphatic heterocycles. The molecule has 0 amide bonds. The van der Waals surface area contributed by atoms with Crippen LogP contribution in [0.4, 0.5) is 0 Å². The van der Waals surface area contributed by atoms with E-state index in [9.17, 15) is 0 Å². The van der Waals surface area contributed by atoms with Crippen molar-refractivity contribution in [3.63, 3.8) is 0 Å². The number of nitrogens with zero attached hydrogens (tertiary/aromatic N) is 1. The Balaban J connectivity index is 3.02. The second-order valence-corrected chi connectivity index (χ2v) is 3.69. The third-order valence-electron chi connectivity index (χ3n) is 1.91. The molecule has 1 atom stereocenters. The van der Waals surface area contributed by atoms with E-state index < -0.39 is 0 Å². The van der Waals surface area contributed by atoms with Crippen molar-refractivity contribution in [3.05, 3.63) is 33.8 Å². The average molecular weight is 214 g/mol. The van der Waals surface area contributed by atoms with Crippen molar-refractivity contribution < 1.29 is 0 Å². The van der Waals surface area contributed by atoms with Gasteiger partial charge in [-0.15, -0.1) is 0 Å². The molecule has 0 spiro atoms. The predicted molar refractivity (Wildman–Crippen MR) is 55.1 cm³/mol. The van der Waals surface area contributed by atoms with Crippen LogP contribution in [-0.4, -0.2) is 0 Å². The van der Waals surface area contributed by atoms with Crippen LogP contribution in [0.2, 0.25) is 10.0 Å². The van der Waals surface area contributed by atoms with Gasteiger partial charge in [0.1, 0.15) is 0 Å². The highest BCUT2D eigenvalue weighted by atomic mass is 35.5. The quantitative estimate of drug-likeness (QED) is 0.729. The van der Waals surface area contributed by atoms with Crippen molar-refractivity contribution in [3.8, 4) is 6.07 Å². The van der Waals surface area contributed by atoms with Gasteiger partial charge in [-0.1, -0.05) is 42.3 Å². The van der Waals surface area contributed by atoms with E-state index in [2.05, 4.69) is 6.07 Å². The van der Waals surface area contributed by atoms with Gasteiger partial charge in [-0.05, 0) is 17.5 Å². The Morgan fingerprint density at radius 1 is 1.46 bits per heavy atom. The topological polar surface area (TPSA) is 23.8 Å². The smallest absolute Gasteiger partial charge is 0.0628 e. The van der Waals surface area contributed by atoms with Crippen molar-refractivity contribution >= 4 is 23.2 Å². The lowest BCUT2D eigenvalue weighted by Crippen LogP contribution is -1.93. The Kier molecular flexibility index (Phi) is 3.59. The largest absolute Gasteiger partial charge is 0.198 e. The van der Waals surface area contributed by atoms with Gasteiger partial charge < -0.3 is 0 Å². The third-order valence-corrected chi connectivity index (χ3v) is 2.74. The van der Waals surface area contributed by atoms with Crippen molar-refractivity contribution in [2.75, 3.05) is 0 Å². The molecule has 68 valence electrons. The summed E-state index contributed by atoms with van der Waals surface area (Å²) >= 11 is 11.8. The molecule has 1 aromatic rings. The van der Waals surface area contributed by atoms with Crippen LogP contribution in [0.1, 0.15) is 24.8 Å². The molecule has 0 aromatic heterocycles. The summed E-state index contributed by atoms with van der Waals surface area (Å²) in [7, 11) is 0. The van der Waals surface area contributed by atoms with Gasteiger partial charge in [0, 0.05) is 6.42 Å². The van der Waals surface area contributed by atoms with Crippen LogP contribution in [0.5, 0.6) is 0 Å². The molecule has 0 N–H and O–H groups in total. The molecule has 3 heteroatoms. The van der Waals surface area contributed by atoms with E-state index in [0.717, 1.165) is 5.56 Å². The first-order chi connectivity index (χ1) is 6.16. The summed E-state index contributed by atoms with van der Waals surface area (Å²) in [4.78, 5) is 0. The Morgan fingerprint density at radius 2 is 2.15 bits per heavy atom. The normalized spacial score (nSPS) is 12.2. The molecule has 0 saturated carbocycles. The van der Waals surface area contributed by atoms with Gasteiger partial charge in [0.05, 0.1) is 16.1 Å². The van der Waals surface area contributed by atoms with Crippen LogP contribution < -0.4 is 0 Å². The first-order valence-corrected chi connectivity index (χ1v) is 4.73. The lowest BCUT2D eigenvalue weighted by Gasteiger charge is -2.10. The molecule has 1 aromatic carbocycles. The summed E-state index contributed by atoms with van der Waals surface area (Å²) in [6.45, 7) is 1.96. The monoisotopic (exact) mass is 213 g/mol. The molecule has 0 aliphatic rings. The van der Waals surface area contributed by atoms with Crippen molar-refractivity contribution in [1.29, 1.82) is 5.26 Å². The molecule has 0 heterocycles. The number of hydrogen-bond donors (Lipinski definition) is 0. The summed E-state index contributed by atoms with van der Waals surface area (Å²) in [6.07, 6.45) is 0.458. The van der Waals surface area contributed by atoms with Crippen LogP contribution >= 0.6 is 23.2 Å². The van der Waals surface area contributed by atoms with Crippen molar-refractivity contribution in [2.45, 2.75) is 19.3 Å². The van der Waals surface area contributed by atoms with E-state index in [1.807, 2.05) is 19.1 Å². The highest BCUT2D eigenvalue weighted by Crippen LogP contribution is 2.31. The first-order valence-electron chi connectivity index (χ1n) is 3.97. The molecular weight excluding hydrogens is 205 g/mol. The fraction of sp³-hybridized carbons (Fsp3) is 0.300. The maximum atomic E-state index is 8.53. The van der Waals surface area contributed by atoms with Crippen molar-refractivity contribution in [2.24, 2.45) is 0 Å². The molecule has 0 saturated heterocycles. The molecule has 1 nitrogen and oxygen atoms in total. The first kappa shape index (κ1) is 10.4. The van der Waals surface area contributed by atoms with Crippen molar-refractivity contribution in [1.82, 2.24) is 0 Å². The lowest BCUT2D eigenvalue weighted by atomic mass is 9.99. The van der Waals surface area contributed by atoms with E-state index in [1.54, 1.807) is 6.07 Å². The Morgan fingerprint density at radius 3 is 2.77 bits per heavy atom. The van der Waals surface area contributed by atoms with Gasteiger partial charge in [-0.25, -0.2) is 0 Å². The maximum Gasteiger partial charge on any atom is 0.0628 e. The Hall–Kier alpha value is -0.710. The SMILES string of the molecule is CC(CC#N)c1cccc(Cl)c1Cl. The zero-order chi connectivity index (χ0) is 9.84. The van der Waals surface area contributed by atoms with Gasteiger partial charge >= 0.3 is 0 Å². The lowest BCUT2D eigenvalue weighted by molar-refractivity contribution is 0.789. The fourth-order valence-corrected chi connectivity index (χ4v) is 1.64. The van der Waals surface area contributed by atoms with Crippen LogP contribution in [0, 0.1) is 11.3 Å².